The molecule has 11 heteroatoms. The normalized spacial score (nSPS) is 21.4. The standard InChI is InChI=1S/C27H35FN4O5S/c1-17(18-2-6-21(28)7-3-18)30-26(33)19-4-8-22(9-5-19)32-38(35,36)23-10-11-25(24(29)16-23)31-27(34)20-12-14-37-15-13-20/h2-3,6-7,10-11,16-17,19-20,22,32H,4-5,8-9,12-15,29H2,1H3,(H,30,33)(H,31,34)/t17-,19?,22?/m1/s1. The topological polar surface area (TPSA) is 140 Å². The van der Waals surface area contributed by atoms with Crippen LogP contribution in [0.25, 0.3) is 0 Å². The van der Waals surface area contributed by atoms with Gasteiger partial charge < -0.3 is 21.1 Å². The number of halogens is 1. The van der Waals surface area contributed by atoms with Crippen molar-refractivity contribution in [3.05, 3.63) is 53.8 Å². The maximum Gasteiger partial charge on any atom is 0.240 e. The van der Waals surface area contributed by atoms with Crippen molar-refractivity contribution in [2.24, 2.45) is 11.8 Å². The first-order valence-corrected chi connectivity index (χ1v) is 14.5. The molecule has 206 valence electrons. The minimum atomic E-state index is -3.83. The fourth-order valence-corrected chi connectivity index (χ4v) is 6.28. The van der Waals surface area contributed by atoms with Gasteiger partial charge in [0, 0.05) is 31.1 Å². The number of hydrogen-bond acceptors (Lipinski definition) is 6. The third kappa shape index (κ3) is 7.09. The van der Waals surface area contributed by atoms with Crippen molar-refractivity contribution in [1.29, 1.82) is 0 Å². The highest BCUT2D eigenvalue weighted by atomic mass is 32.2. The average Bonchev–Trinajstić information content (AvgIpc) is 2.90. The van der Waals surface area contributed by atoms with Crippen molar-refractivity contribution in [1.82, 2.24) is 10.0 Å². The maximum absolute atomic E-state index is 13.2. The van der Waals surface area contributed by atoms with Crippen LogP contribution in [-0.2, 0) is 24.3 Å². The van der Waals surface area contributed by atoms with Gasteiger partial charge >= 0.3 is 0 Å². The van der Waals surface area contributed by atoms with Crippen molar-refractivity contribution in [2.75, 3.05) is 24.3 Å². The zero-order valence-electron chi connectivity index (χ0n) is 21.4. The van der Waals surface area contributed by atoms with Gasteiger partial charge in [0.25, 0.3) is 0 Å². The highest BCUT2D eigenvalue weighted by Crippen LogP contribution is 2.28. The number of carbonyl (C=O) groups excluding carboxylic acids is 2. The van der Waals surface area contributed by atoms with Crippen LogP contribution in [0.4, 0.5) is 15.8 Å². The van der Waals surface area contributed by atoms with E-state index in [1.165, 1.54) is 30.3 Å². The molecule has 9 nitrogen and oxygen atoms in total. The summed E-state index contributed by atoms with van der Waals surface area (Å²) in [4.78, 5) is 25.2. The fourth-order valence-electron chi connectivity index (χ4n) is 4.94. The van der Waals surface area contributed by atoms with Crippen LogP contribution in [0.2, 0.25) is 0 Å². The molecule has 1 aliphatic heterocycles. The Morgan fingerprint density at radius 3 is 2.21 bits per heavy atom. The first-order valence-electron chi connectivity index (χ1n) is 13.0. The van der Waals surface area contributed by atoms with Crippen LogP contribution in [0.3, 0.4) is 0 Å². The molecule has 0 spiro atoms. The Bertz CT molecular complexity index is 1240. The summed E-state index contributed by atoms with van der Waals surface area (Å²) in [5.41, 5.74) is 7.44. The molecule has 1 aliphatic carbocycles. The number of sulfonamides is 1. The molecular weight excluding hydrogens is 511 g/mol. The fraction of sp³-hybridized carbons (Fsp3) is 0.481. The van der Waals surface area contributed by atoms with Crippen LogP contribution >= 0.6 is 0 Å². The van der Waals surface area contributed by atoms with Crippen LogP contribution < -0.4 is 21.1 Å². The van der Waals surface area contributed by atoms with Gasteiger partial charge in [0.2, 0.25) is 21.8 Å². The van der Waals surface area contributed by atoms with Gasteiger partial charge in [0.1, 0.15) is 5.82 Å². The lowest BCUT2D eigenvalue weighted by atomic mass is 9.85. The number of carbonyl (C=O) groups is 2. The van der Waals surface area contributed by atoms with Crippen LogP contribution in [0.15, 0.2) is 47.4 Å². The predicted molar refractivity (Wildman–Crippen MR) is 142 cm³/mol. The number of nitrogens with one attached hydrogen (secondary N) is 3. The van der Waals surface area contributed by atoms with Crippen LogP contribution in [0, 0.1) is 17.7 Å². The van der Waals surface area contributed by atoms with Crippen LogP contribution in [0.1, 0.15) is 57.1 Å². The second-order valence-electron chi connectivity index (χ2n) is 10.1. The Morgan fingerprint density at radius 2 is 1.58 bits per heavy atom. The minimum absolute atomic E-state index is 0.0204. The molecule has 1 saturated carbocycles. The zero-order valence-corrected chi connectivity index (χ0v) is 22.2. The Labute approximate surface area is 222 Å². The lowest BCUT2D eigenvalue weighted by Gasteiger charge is -2.29. The van der Waals surface area contributed by atoms with E-state index in [4.69, 9.17) is 10.5 Å². The van der Waals surface area contributed by atoms with Gasteiger partial charge in [-0.25, -0.2) is 17.5 Å². The Morgan fingerprint density at radius 1 is 0.947 bits per heavy atom. The first-order chi connectivity index (χ1) is 18.1. The summed E-state index contributed by atoms with van der Waals surface area (Å²) in [5.74, 6) is -0.940. The lowest BCUT2D eigenvalue weighted by molar-refractivity contribution is -0.126. The van der Waals surface area contributed by atoms with Gasteiger partial charge in [-0.1, -0.05) is 12.1 Å². The number of nitrogen functional groups attached to an aromatic ring is 1. The minimum Gasteiger partial charge on any atom is -0.397 e. The van der Waals surface area contributed by atoms with Gasteiger partial charge in [-0.3, -0.25) is 9.59 Å². The largest absolute Gasteiger partial charge is 0.397 e. The molecule has 0 aromatic heterocycles. The highest BCUT2D eigenvalue weighted by molar-refractivity contribution is 7.89. The molecule has 0 radical (unpaired) electrons. The van der Waals surface area contributed by atoms with Crippen molar-refractivity contribution >= 4 is 33.2 Å². The van der Waals surface area contributed by atoms with Crippen molar-refractivity contribution in [3.63, 3.8) is 0 Å². The summed E-state index contributed by atoms with van der Waals surface area (Å²) >= 11 is 0. The van der Waals surface area contributed by atoms with Crippen molar-refractivity contribution in [2.45, 2.75) is 62.4 Å². The molecule has 2 fully saturated rings. The second kappa shape index (κ2) is 12.2. The summed E-state index contributed by atoms with van der Waals surface area (Å²) in [5, 5.41) is 5.76. The molecule has 0 bridgehead atoms. The van der Waals surface area contributed by atoms with Gasteiger partial charge in [-0.15, -0.1) is 0 Å². The smallest absolute Gasteiger partial charge is 0.240 e. The van der Waals surface area contributed by atoms with Crippen LogP contribution in [-0.4, -0.2) is 39.5 Å². The van der Waals surface area contributed by atoms with E-state index in [-0.39, 0.29) is 52.1 Å². The van der Waals surface area contributed by atoms with E-state index in [1.807, 2.05) is 6.92 Å². The number of benzene rings is 2. The number of amides is 2. The quantitative estimate of drug-likeness (QED) is 0.374. The van der Waals surface area contributed by atoms with E-state index >= 15 is 0 Å². The van der Waals surface area contributed by atoms with Gasteiger partial charge in [-0.05, 0) is 81.3 Å². The molecular formula is C27H35FN4O5S. The molecule has 5 N–H and O–H groups in total. The number of nitrogens with two attached hydrogens (primary N) is 1. The van der Waals surface area contributed by atoms with Crippen LogP contribution in [0.5, 0.6) is 0 Å². The predicted octanol–water partition coefficient (Wildman–Crippen LogP) is 3.49. The average molecular weight is 547 g/mol. The Kier molecular flexibility index (Phi) is 9.01. The molecule has 2 aliphatic rings. The number of hydrogen-bond donors (Lipinski definition) is 4. The summed E-state index contributed by atoms with van der Waals surface area (Å²) in [6.45, 7) is 2.93. The molecule has 1 atom stereocenters. The summed E-state index contributed by atoms with van der Waals surface area (Å²) < 4.78 is 47.2. The SMILES string of the molecule is C[C@@H](NC(=O)C1CCC(NS(=O)(=O)c2ccc(NC(=O)C3CCOCC3)c(N)c2)CC1)c1ccc(F)cc1. The van der Waals surface area contributed by atoms with E-state index in [9.17, 15) is 22.4 Å². The molecule has 38 heavy (non-hydrogen) atoms. The Hall–Kier alpha value is -3.02. The number of anilines is 2. The van der Waals surface area contributed by atoms with Gasteiger partial charge in [0.05, 0.1) is 22.3 Å². The third-order valence-corrected chi connectivity index (χ3v) is 8.85. The van der Waals surface area contributed by atoms with E-state index in [2.05, 4.69) is 15.4 Å². The van der Waals surface area contributed by atoms with Gasteiger partial charge in [0.15, 0.2) is 0 Å². The maximum atomic E-state index is 13.2. The number of ether oxygens (including phenoxy) is 1. The summed E-state index contributed by atoms with van der Waals surface area (Å²) in [7, 11) is -3.83. The summed E-state index contributed by atoms with van der Waals surface area (Å²) in [6.07, 6.45) is 3.43. The monoisotopic (exact) mass is 546 g/mol. The van der Waals surface area contributed by atoms with Gasteiger partial charge in [-0.2, -0.15) is 0 Å². The molecule has 4 rings (SSSR count). The Balaban J connectivity index is 1.28. The second-order valence-corrected chi connectivity index (χ2v) is 11.8. The molecule has 2 aromatic rings. The van der Waals surface area contributed by atoms with E-state index in [0.717, 1.165) is 5.56 Å². The first kappa shape index (κ1) is 28.0. The summed E-state index contributed by atoms with van der Waals surface area (Å²) in [6, 6.07) is 9.73. The van der Waals surface area contributed by atoms with E-state index in [0.29, 0.717) is 57.4 Å². The molecule has 1 saturated heterocycles. The zero-order chi connectivity index (χ0) is 27.3. The highest BCUT2D eigenvalue weighted by Gasteiger charge is 2.30. The molecule has 2 amide bonds. The van der Waals surface area contributed by atoms with E-state index in [1.54, 1.807) is 12.1 Å². The lowest BCUT2D eigenvalue weighted by Crippen LogP contribution is -2.41. The number of rotatable bonds is 8. The van der Waals surface area contributed by atoms with Crippen molar-refractivity contribution in [3.8, 4) is 0 Å². The molecule has 0 unspecified atom stereocenters. The third-order valence-electron chi connectivity index (χ3n) is 7.33. The van der Waals surface area contributed by atoms with Crippen molar-refractivity contribution < 1.29 is 27.1 Å². The van der Waals surface area contributed by atoms with E-state index < -0.39 is 10.0 Å². The molecule has 1 heterocycles. The molecule has 2 aromatic carbocycles.